The molecule has 2 aliphatic carbocycles. The van der Waals surface area contributed by atoms with Crippen molar-refractivity contribution >= 4 is 11.9 Å². The summed E-state index contributed by atoms with van der Waals surface area (Å²) in [5.74, 6) is -3.34. The van der Waals surface area contributed by atoms with Crippen molar-refractivity contribution in [2.45, 2.75) is 24.8 Å². The largest absolute Gasteiger partial charge is 0.481 e. The summed E-state index contributed by atoms with van der Waals surface area (Å²) in [6, 6.07) is 0. The number of carbonyl (C=O) groups is 2. The highest BCUT2D eigenvalue weighted by atomic mass is 16.4. The summed E-state index contributed by atoms with van der Waals surface area (Å²) in [6.45, 7) is 0. The first-order chi connectivity index (χ1) is 6.48. The summed E-state index contributed by atoms with van der Waals surface area (Å²) in [4.78, 5) is 22.0. The van der Waals surface area contributed by atoms with E-state index in [0.29, 0.717) is 6.42 Å². The number of fused-ring (bicyclic) bond motifs is 2. The average molecular weight is 199 g/mol. The molecule has 0 aliphatic heterocycles. The Bertz CT molecular complexity index is 303. The number of hydrogen-bond acceptors (Lipinski definition) is 3. The second-order valence-corrected chi connectivity index (χ2v) is 4.32. The highest BCUT2D eigenvalue weighted by Crippen LogP contribution is 2.53. The third-order valence-corrected chi connectivity index (χ3v) is 3.77. The molecular weight excluding hydrogens is 186 g/mol. The summed E-state index contributed by atoms with van der Waals surface area (Å²) < 4.78 is 0. The Morgan fingerprint density at radius 2 is 1.93 bits per heavy atom. The van der Waals surface area contributed by atoms with Gasteiger partial charge in [0, 0.05) is 0 Å². The van der Waals surface area contributed by atoms with Gasteiger partial charge >= 0.3 is 11.9 Å². The number of carboxylic acid groups (broad SMARTS) is 2. The van der Waals surface area contributed by atoms with Gasteiger partial charge in [0.05, 0.1) is 5.92 Å². The molecule has 0 spiro atoms. The van der Waals surface area contributed by atoms with Crippen molar-refractivity contribution in [1.82, 2.24) is 0 Å². The van der Waals surface area contributed by atoms with Gasteiger partial charge in [-0.25, -0.2) is 0 Å². The maximum Gasteiger partial charge on any atom is 0.324 e. The van der Waals surface area contributed by atoms with Crippen molar-refractivity contribution in [3.8, 4) is 0 Å². The van der Waals surface area contributed by atoms with Crippen molar-refractivity contribution in [3.63, 3.8) is 0 Å². The Labute approximate surface area is 80.9 Å². The topological polar surface area (TPSA) is 101 Å². The van der Waals surface area contributed by atoms with Crippen molar-refractivity contribution in [1.29, 1.82) is 0 Å². The van der Waals surface area contributed by atoms with Crippen LogP contribution in [0.3, 0.4) is 0 Å². The lowest BCUT2D eigenvalue weighted by molar-refractivity contribution is -0.158. The quantitative estimate of drug-likeness (QED) is 0.576. The van der Waals surface area contributed by atoms with Crippen LogP contribution in [0, 0.1) is 17.8 Å². The van der Waals surface area contributed by atoms with Crippen LogP contribution in [0.2, 0.25) is 0 Å². The lowest BCUT2D eigenvalue weighted by Crippen LogP contribution is -2.60. The summed E-state index contributed by atoms with van der Waals surface area (Å²) in [5, 5.41) is 18.0. The summed E-state index contributed by atoms with van der Waals surface area (Å²) in [7, 11) is 0. The van der Waals surface area contributed by atoms with Gasteiger partial charge in [-0.15, -0.1) is 0 Å². The van der Waals surface area contributed by atoms with Crippen LogP contribution in [0.15, 0.2) is 0 Å². The fourth-order valence-electron chi connectivity index (χ4n) is 3.11. The fraction of sp³-hybridized carbons (Fsp3) is 0.778. The van der Waals surface area contributed by atoms with Crippen LogP contribution in [0.4, 0.5) is 0 Å². The van der Waals surface area contributed by atoms with Crippen molar-refractivity contribution in [2.24, 2.45) is 23.5 Å². The predicted molar refractivity (Wildman–Crippen MR) is 46.5 cm³/mol. The first kappa shape index (κ1) is 9.45. The Hall–Kier alpha value is -1.10. The van der Waals surface area contributed by atoms with Gasteiger partial charge in [0.25, 0.3) is 0 Å². The van der Waals surface area contributed by atoms with E-state index in [9.17, 15) is 9.59 Å². The molecule has 2 saturated carbocycles. The second kappa shape index (κ2) is 2.70. The zero-order chi connectivity index (χ0) is 10.5. The molecule has 78 valence electrons. The molecule has 2 rings (SSSR count). The highest BCUT2D eigenvalue weighted by Gasteiger charge is 2.63. The molecule has 0 saturated heterocycles. The number of carboxylic acids is 2. The van der Waals surface area contributed by atoms with E-state index in [1.54, 1.807) is 0 Å². The zero-order valence-electron chi connectivity index (χ0n) is 7.64. The van der Waals surface area contributed by atoms with Gasteiger partial charge in [0.2, 0.25) is 0 Å². The van der Waals surface area contributed by atoms with Gasteiger partial charge in [-0.1, -0.05) is 0 Å². The lowest BCUT2D eigenvalue weighted by Gasteiger charge is -2.34. The number of nitrogens with two attached hydrogens (primary N) is 1. The van der Waals surface area contributed by atoms with Gasteiger partial charge in [0.15, 0.2) is 0 Å². The summed E-state index contributed by atoms with van der Waals surface area (Å²) >= 11 is 0. The predicted octanol–water partition coefficient (Wildman–Crippen LogP) is -0.101. The highest BCUT2D eigenvalue weighted by molar-refractivity contribution is 5.88. The molecule has 2 bridgehead atoms. The van der Waals surface area contributed by atoms with Crippen LogP contribution in [0.25, 0.3) is 0 Å². The normalized spacial score (nSPS) is 45.4. The zero-order valence-corrected chi connectivity index (χ0v) is 7.64. The molecule has 2 aliphatic rings. The molecule has 0 aromatic rings. The molecule has 0 unspecified atom stereocenters. The van der Waals surface area contributed by atoms with E-state index in [1.165, 1.54) is 0 Å². The van der Waals surface area contributed by atoms with Crippen molar-refractivity contribution < 1.29 is 19.8 Å². The van der Waals surface area contributed by atoms with Gasteiger partial charge < -0.3 is 15.9 Å². The molecule has 0 amide bonds. The van der Waals surface area contributed by atoms with Crippen molar-refractivity contribution in [3.05, 3.63) is 0 Å². The monoisotopic (exact) mass is 199 g/mol. The van der Waals surface area contributed by atoms with E-state index in [-0.39, 0.29) is 11.8 Å². The molecule has 0 radical (unpaired) electrons. The number of hydrogen-bond donors (Lipinski definition) is 3. The molecule has 5 nitrogen and oxygen atoms in total. The van der Waals surface area contributed by atoms with E-state index in [4.69, 9.17) is 15.9 Å². The average Bonchev–Trinajstić information content (AvgIpc) is 2.61. The molecule has 0 aromatic heterocycles. The minimum Gasteiger partial charge on any atom is -0.481 e. The van der Waals surface area contributed by atoms with E-state index in [2.05, 4.69) is 0 Å². The Kier molecular flexibility index (Phi) is 1.82. The minimum absolute atomic E-state index is 0.0430. The third kappa shape index (κ3) is 0.930. The SMILES string of the molecule is N[C@]1(C(=O)O)[C@H]2CC[C@H](C2)[C@H]1C(=O)O. The van der Waals surface area contributed by atoms with Crippen LogP contribution in [-0.4, -0.2) is 27.7 Å². The molecule has 4 atom stereocenters. The van der Waals surface area contributed by atoms with Gasteiger partial charge in [-0.3, -0.25) is 9.59 Å². The maximum atomic E-state index is 11.0. The van der Waals surface area contributed by atoms with Crippen LogP contribution in [0.1, 0.15) is 19.3 Å². The van der Waals surface area contributed by atoms with Crippen LogP contribution in [-0.2, 0) is 9.59 Å². The first-order valence-corrected chi connectivity index (χ1v) is 4.73. The first-order valence-electron chi connectivity index (χ1n) is 4.73. The van der Waals surface area contributed by atoms with E-state index >= 15 is 0 Å². The number of aliphatic carboxylic acids is 2. The lowest BCUT2D eigenvalue weighted by atomic mass is 9.73. The maximum absolute atomic E-state index is 11.0. The van der Waals surface area contributed by atoms with Crippen LogP contribution in [0.5, 0.6) is 0 Å². The van der Waals surface area contributed by atoms with E-state index in [1.807, 2.05) is 0 Å². The van der Waals surface area contributed by atoms with Crippen molar-refractivity contribution in [2.75, 3.05) is 0 Å². The second-order valence-electron chi connectivity index (χ2n) is 4.32. The molecule has 2 fully saturated rings. The fourth-order valence-corrected chi connectivity index (χ4v) is 3.11. The van der Waals surface area contributed by atoms with Gasteiger partial charge in [0.1, 0.15) is 5.54 Å². The van der Waals surface area contributed by atoms with Crippen LogP contribution >= 0.6 is 0 Å². The summed E-state index contributed by atoms with van der Waals surface area (Å²) in [6.07, 6.45) is 2.20. The molecule has 4 N–H and O–H groups in total. The third-order valence-electron chi connectivity index (χ3n) is 3.77. The molecular formula is C9H13NO4. The summed E-state index contributed by atoms with van der Waals surface area (Å²) in [5.41, 5.74) is 4.22. The molecule has 5 heteroatoms. The molecule has 0 aromatic carbocycles. The number of rotatable bonds is 2. The Balaban J connectivity index is 2.39. The smallest absolute Gasteiger partial charge is 0.324 e. The van der Waals surface area contributed by atoms with E-state index < -0.39 is 23.4 Å². The Morgan fingerprint density at radius 1 is 1.29 bits per heavy atom. The molecule has 14 heavy (non-hydrogen) atoms. The van der Waals surface area contributed by atoms with Gasteiger partial charge in [-0.2, -0.15) is 0 Å². The minimum atomic E-state index is -1.53. The standard InChI is InChI=1S/C9H13NO4/c10-9(8(13)14)5-2-1-4(3-5)6(9)7(11)12/h4-6H,1-3,10H2,(H,11,12)(H,13,14)/t4-,5+,6+,9-/m1/s1. The van der Waals surface area contributed by atoms with Crippen LogP contribution < -0.4 is 5.73 Å². The Morgan fingerprint density at radius 3 is 2.36 bits per heavy atom. The molecule has 0 heterocycles. The van der Waals surface area contributed by atoms with Gasteiger partial charge in [-0.05, 0) is 31.1 Å². The van der Waals surface area contributed by atoms with E-state index in [0.717, 1.165) is 12.8 Å².